The molecule has 0 aliphatic carbocycles. The highest BCUT2D eigenvalue weighted by atomic mass is 35.5. The summed E-state index contributed by atoms with van der Waals surface area (Å²) < 4.78 is 34.3. The van der Waals surface area contributed by atoms with Crippen molar-refractivity contribution >= 4 is 62.3 Å². The van der Waals surface area contributed by atoms with Crippen molar-refractivity contribution < 1.29 is 22.7 Å². The molecule has 0 radical (unpaired) electrons. The van der Waals surface area contributed by atoms with Crippen LogP contribution >= 0.6 is 34.8 Å². The number of sulfonamides is 1. The number of rotatable bonds is 11. The van der Waals surface area contributed by atoms with E-state index in [1.807, 2.05) is 6.92 Å². The molecule has 214 valence electrons. The van der Waals surface area contributed by atoms with Gasteiger partial charge in [-0.05, 0) is 63.2 Å². The fraction of sp³-hybridized carbons (Fsp3) is 0.286. The number of ether oxygens (including phenoxy) is 1. The molecule has 8 nitrogen and oxygen atoms in total. The first-order valence-corrected chi connectivity index (χ1v) is 14.9. The van der Waals surface area contributed by atoms with E-state index in [1.54, 1.807) is 50.2 Å². The molecule has 1 N–H and O–H groups in total. The number of methoxy groups -OCH3 is 1. The van der Waals surface area contributed by atoms with Gasteiger partial charge in [0.15, 0.2) is 0 Å². The molecule has 3 rings (SSSR count). The standard InChI is InChI=1S/C28H30Cl3N3O5S/c1-5-32-28(36)19(3)33(16-22-23(30)7-6-8-24(22)31)27(35)17-34(25-15-20(29)11-14-26(25)39-4)40(37,38)21-12-9-18(2)10-13-21/h6-15,19H,5,16-17H2,1-4H3,(H,32,36)/t19-/m0/s1. The molecular formula is C28H30Cl3N3O5S. The first-order chi connectivity index (χ1) is 18.9. The van der Waals surface area contributed by atoms with Gasteiger partial charge in [-0.3, -0.25) is 13.9 Å². The number of nitrogens with zero attached hydrogens (tertiary/aromatic N) is 2. The second-order valence-corrected chi connectivity index (χ2v) is 12.0. The number of benzene rings is 3. The Balaban J connectivity index is 2.14. The minimum atomic E-state index is -4.30. The van der Waals surface area contributed by atoms with Gasteiger partial charge in [0.1, 0.15) is 18.3 Å². The summed E-state index contributed by atoms with van der Waals surface area (Å²) in [6, 6.07) is 14.6. The lowest BCUT2D eigenvalue weighted by Crippen LogP contribution is -2.51. The molecule has 0 aromatic heterocycles. The van der Waals surface area contributed by atoms with Gasteiger partial charge in [0.25, 0.3) is 10.0 Å². The fourth-order valence-electron chi connectivity index (χ4n) is 3.97. The van der Waals surface area contributed by atoms with Gasteiger partial charge in [-0.25, -0.2) is 8.42 Å². The summed E-state index contributed by atoms with van der Waals surface area (Å²) in [5, 5.41) is 3.54. The highest BCUT2D eigenvalue weighted by Gasteiger charge is 2.34. The third-order valence-electron chi connectivity index (χ3n) is 6.21. The molecule has 2 amide bonds. The number of amides is 2. The summed E-state index contributed by atoms with van der Waals surface area (Å²) in [6.07, 6.45) is 0. The van der Waals surface area contributed by atoms with Gasteiger partial charge >= 0.3 is 0 Å². The molecule has 0 saturated carbocycles. The molecular weight excluding hydrogens is 597 g/mol. The van der Waals surface area contributed by atoms with Gasteiger partial charge in [-0.2, -0.15) is 0 Å². The van der Waals surface area contributed by atoms with Crippen molar-refractivity contribution in [2.45, 2.75) is 38.3 Å². The zero-order chi connectivity index (χ0) is 29.6. The quantitative estimate of drug-likeness (QED) is 0.294. The van der Waals surface area contributed by atoms with E-state index in [9.17, 15) is 18.0 Å². The topological polar surface area (TPSA) is 96.0 Å². The summed E-state index contributed by atoms with van der Waals surface area (Å²) in [5.74, 6) is -0.912. The van der Waals surface area contributed by atoms with E-state index in [0.29, 0.717) is 22.2 Å². The summed E-state index contributed by atoms with van der Waals surface area (Å²) in [7, 11) is -2.92. The summed E-state index contributed by atoms with van der Waals surface area (Å²) in [5.41, 5.74) is 1.34. The van der Waals surface area contributed by atoms with E-state index < -0.39 is 34.4 Å². The first-order valence-electron chi connectivity index (χ1n) is 12.3. The van der Waals surface area contributed by atoms with Crippen molar-refractivity contribution in [3.05, 3.63) is 86.9 Å². The molecule has 40 heavy (non-hydrogen) atoms. The number of aryl methyl sites for hydroxylation is 1. The van der Waals surface area contributed by atoms with Crippen molar-refractivity contribution in [1.29, 1.82) is 0 Å². The molecule has 0 saturated heterocycles. The molecule has 3 aromatic rings. The molecule has 12 heteroatoms. The Morgan fingerprint density at radius 2 is 1.62 bits per heavy atom. The normalized spacial score (nSPS) is 12.0. The van der Waals surface area contributed by atoms with Crippen molar-refractivity contribution in [3.8, 4) is 5.75 Å². The van der Waals surface area contributed by atoms with Crippen molar-refractivity contribution in [2.75, 3.05) is 24.5 Å². The smallest absolute Gasteiger partial charge is 0.264 e. The van der Waals surface area contributed by atoms with Crippen LogP contribution in [-0.2, 0) is 26.2 Å². The second-order valence-electron chi connectivity index (χ2n) is 8.93. The third-order valence-corrected chi connectivity index (χ3v) is 8.92. The predicted molar refractivity (Wildman–Crippen MR) is 159 cm³/mol. The highest BCUT2D eigenvalue weighted by molar-refractivity contribution is 7.92. The Hall–Kier alpha value is -2.98. The van der Waals surface area contributed by atoms with Gasteiger partial charge < -0.3 is 15.0 Å². The molecule has 0 unspecified atom stereocenters. The lowest BCUT2D eigenvalue weighted by molar-refractivity contribution is -0.139. The summed E-state index contributed by atoms with van der Waals surface area (Å²) in [6.45, 7) is 4.67. The van der Waals surface area contributed by atoms with Crippen LogP contribution in [-0.4, -0.2) is 51.4 Å². The van der Waals surface area contributed by atoms with E-state index in [2.05, 4.69) is 5.32 Å². The molecule has 0 fully saturated rings. The zero-order valence-electron chi connectivity index (χ0n) is 22.4. The van der Waals surface area contributed by atoms with Crippen molar-refractivity contribution in [1.82, 2.24) is 10.2 Å². The number of halogens is 3. The number of carbonyl (C=O) groups excluding carboxylic acids is 2. The van der Waals surface area contributed by atoms with Crippen molar-refractivity contribution in [2.24, 2.45) is 0 Å². The van der Waals surface area contributed by atoms with Crippen LogP contribution < -0.4 is 14.4 Å². The second kappa shape index (κ2) is 13.6. The number of carbonyl (C=O) groups is 2. The first kappa shape index (κ1) is 31.5. The molecule has 0 spiro atoms. The van der Waals surface area contributed by atoms with Crippen LogP contribution in [0, 0.1) is 6.92 Å². The lowest BCUT2D eigenvalue weighted by Gasteiger charge is -2.32. The average molecular weight is 627 g/mol. The predicted octanol–water partition coefficient (Wildman–Crippen LogP) is 5.71. The van der Waals surface area contributed by atoms with E-state index in [1.165, 1.54) is 36.3 Å². The van der Waals surface area contributed by atoms with E-state index in [0.717, 1.165) is 9.87 Å². The van der Waals surface area contributed by atoms with Crippen LogP contribution in [0.4, 0.5) is 5.69 Å². The Morgan fingerprint density at radius 1 is 1.00 bits per heavy atom. The van der Waals surface area contributed by atoms with Crippen LogP contribution in [0.25, 0.3) is 0 Å². The average Bonchev–Trinajstić information content (AvgIpc) is 2.91. The maximum Gasteiger partial charge on any atom is 0.264 e. The van der Waals surface area contributed by atoms with Crippen LogP contribution in [0.3, 0.4) is 0 Å². The SMILES string of the molecule is CCNC(=O)[C@H](C)N(Cc1c(Cl)cccc1Cl)C(=O)CN(c1cc(Cl)ccc1OC)S(=O)(=O)c1ccc(C)cc1. The molecule has 1 atom stereocenters. The minimum Gasteiger partial charge on any atom is -0.495 e. The van der Waals surface area contributed by atoms with Crippen LogP contribution in [0.2, 0.25) is 15.1 Å². The van der Waals surface area contributed by atoms with E-state index in [4.69, 9.17) is 39.5 Å². The minimum absolute atomic E-state index is 0.0367. The monoisotopic (exact) mass is 625 g/mol. The van der Waals surface area contributed by atoms with Gasteiger partial charge in [0, 0.05) is 33.7 Å². The van der Waals surface area contributed by atoms with E-state index >= 15 is 0 Å². The number of hydrogen-bond acceptors (Lipinski definition) is 5. The van der Waals surface area contributed by atoms with Gasteiger partial charge in [-0.1, -0.05) is 58.6 Å². The number of likely N-dealkylation sites (N-methyl/N-ethyl adjacent to an activating group) is 1. The fourth-order valence-corrected chi connectivity index (χ4v) is 6.07. The Bertz CT molecular complexity index is 1460. The number of hydrogen-bond donors (Lipinski definition) is 1. The lowest BCUT2D eigenvalue weighted by atomic mass is 10.1. The number of anilines is 1. The molecule has 0 aliphatic rings. The maximum absolute atomic E-state index is 14.0. The zero-order valence-corrected chi connectivity index (χ0v) is 25.5. The Labute approximate surface area is 249 Å². The molecule has 0 heterocycles. The number of nitrogens with one attached hydrogen (secondary N) is 1. The van der Waals surface area contributed by atoms with Crippen LogP contribution in [0.15, 0.2) is 65.6 Å². The maximum atomic E-state index is 14.0. The molecule has 0 bridgehead atoms. The molecule has 3 aromatic carbocycles. The van der Waals surface area contributed by atoms with Gasteiger partial charge in [0.2, 0.25) is 11.8 Å². The van der Waals surface area contributed by atoms with Gasteiger partial charge in [-0.15, -0.1) is 0 Å². The Kier molecular flexibility index (Phi) is 10.7. The highest BCUT2D eigenvalue weighted by Crippen LogP contribution is 2.35. The van der Waals surface area contributed by atoms with E-state index in [-0.39, 0.29) is 27.9 Å². The van der Waals surface area contributed by atoms with Gasteiger partial charge in [0.05, 0.1) is 17.7 Å². The Morgan fingerprint density at radius 3 is 2.20 bits per heavy atom. The van der Waals surface area contributed by atoms with Crippen molar-refractivity contribution in [3.63, 3.8) is 0 Å². The van der Waals surface area contributed by atoms with Crippen LogP contribution in [0.5, 0.6) is 5.75 Å². The summed E-state index contributed by atoms with van der Waals surface area (Å²) >= 11 is 19.0. The molecule has 0 aliphatic heterocycles. The summed E-state index contributed by atoms with van der Waals surface area (Å²) in [4.78, 5) is 28.1. The third kappa shape index (κ3) is 7.20. The largest absolute Gasteiger partial charge is 0.495 e. The van der Waals surface area contributed by atoms with Crippen LogP contribution in [0.1, 0.15) is 25.0 Å².